The van der Waals surface area contributed by atoms with Gasteiger partial charge in [0.2, 0.25) is 0 Å². The molecule has 0 spiro atoms. The van der Waals surface area contributed by atoms with Gasteiger partial charge in [0.25, 0.3) is 0 Å². The molecule has 3 aromatic rings. The van der Waals surface area contributed by atoms with Gasteiger partial charge in [0.15, 0.2) is 0 Å². The van der Waals surface area contributed by atoms with Gasteiger partial charge in [-0.05, 0) is 25.3 Å². The molecule has 4 heteroatoms. The standard InChI is InChI=1S/C16H16ClN3/c17-9-8-15-19-14-10-18-13-7-2-1-6-12(13)16(14)20(15)11-4-3-5-11/h1-2,6-7,10-11H,3-5,8-9H2. The second kappa shape index (κ2) is 4.74. The molecule has 102 valence electrons. The Hall–Kier alpha value is -1.61. The average Bonchev–Trinajstić information content (AvgIpc) is 2.77. The normalized spacial score (nSPS) is 15.8. The molecule has 0 unspecified atom stereocenters. The zero-order valence-electron chi connectivity index (χ0n) is 11.2. The Morgan fingerprint density at radius 1 is 1.20 bits per heavy atom. The van der Waals surface area contributed by atoms with Crippen LogP contribution in [0.2, 0.25) is 0 Å². The van der Waals surface area contributed by atoms with Crippen molar-refractivity contribution in [3.63, 3.8) is 0 Å². The number of imidazole rings is 1. The minimum Gasteiger partial charge on any atom is -0.324 e. The van der Waals surface area contributed by atoms with Crippen LogP contribution in [0.3, 0.4) is 0 Å². The number of alkyl halides is 1. The molecule has 0 radical (unpaired) electrons. The summed E-state index contributed by atoms with van der Waals surface area (Å²) in [6, 6.07) is 8.90. The Bertz CT molecular complexity index is 774. The van der Waals surface area contributed by atoms with E-state index in [2.05, 4.69) is 27.8 Å². The fraction of sp³-hybridized carbons (Fsp3) is 0.375. The van der Waals surface area contributed by atoms with E-state index in [1.807, 2.05) is 12.3 Å². The first-order valence-electron chi connectivity index (χ1n) is 7.19. The van der Waals surface area contributed by atoms with Gasteiger partial charge < -0.3 is 4.57 Å². The van der Waals surface area contributed by atoms with Crippen LogP contribution in [0, 0.1) is 0 Å². The van der Waals surface area contributed by atoms with Crippen molar-refractivity contribution in [1.29, 1.82) is 0 Å². The summed E-state index contributed by atoms with van der Waals surface area (Å²) >= 11 is 5.95. The highest BCUT2D eigenvalue weighted by molar-refractivity contribution is 6.18. The van der Waals surface area contributed by atoms with E-state index in [1.165, 1.54) is 30.2 Å². The van der Waals surface area contributed by atoms with Gasteiger partial charge in [0.1, 0.15) is 11.3 Å². The Morgan fingerprint density at radius 3 is 2.80 bits per heavy atom. The Balaban J connectivity index is 2.06. The predicted molar refractivity (Wildman–Crippen MR) is 82.3 cm³/mol. The molecule has 3 nitrogen and oxygen atoms in total. The van der Waals surface area contributed by atoms with Crippen LogP contribution in [0.5, 0.6) is 0 Å². The van der Waals surface area contributed by atoms with Crippen molar-refractivity contribution < 1.29 is 0 Å². The number of pyridine rings is 1. The van der Waals surface area contributed by atoms with Crippen LogP contribution < -0.4 is 0 Å². The van der Waals surface area contributed by atoms with Gasteiger partial charge in [-0.25, -0.2) is 4.98 Å². The summed E-state index contributed by atoms with van der Waals surface area (Å²) in [4.78, 5) is 9.29. The molecule has 4 rings (SSSR count). The van der Waals surface area contributed by atoms with Gasteiger partial charge in [-0.15, -0.1) is 11.6 Å². The molecule has 0 atom stereocenters. The lowest BCUT2D eigenvalue weighted by Gasteiger charge is -2.29. The lowest BCUT2D eigenvalue weighted by atomic mass is 9.92. The van der Waals surface area contributed by atoms with E-state index in [9.17, 15) is 0 Å². The van der Waals surface area contributed by atoms with Gasteiger partial charge in [-0.2, -0.15) is 0 Å². The number of halogens is 1. The van der Waals surface area contributed by atoms with E-state index in [-0.39, 0.29) is 0 Å². The van der Waals surface area contributed by atoms with Gasteiger partial charge in [-0.1, -0.05) is 18.2 Å². The molecule has 1 aliphatic rings. The topological polar surface area (TPSA) is 30.7 Å². The van der Waals surface area contributed by atoms with E-state index in [1.54, 1.807) is 0 Å². The maximum absolute atomic E-state index is 5.95. The Kier molecular flexibility index (Phi) is 2.88. The third kappa shape index (κ3) is 1.73. The van der Waals surface area contributed by atoms with Crippen LogP contribution in [0.4, 0.5) is 0 Å². The summed E-state index contributed by atoms with van der Waals surface area (Å²) in [6.07, 6.45) is 6.52. The zero-order chi connectivity index (χ0) is 13.5. The second-order valence-electron chi connectivity index (χ2n) is 5.43. The van der Waals surface area contributed by atoms with Gasteiger partial charge in [0.05, 0.1) is 17.2 Å². The summed E-state index contributed by atoms with van der Waals surface area (Å²) in [6.45, 7) is 0. The maximum Gasteiger partial charge on any atom is 0.111 e. The number of rotatable bonds is 3. The van der Waals surface area contributed by atoms with E-state index >= 15 is 0 Å². The molecule has 1 saturated carbocycles. The first-order chi connectivity index (χ1) is 9.88. The fourth-order valence-electron chi connectivity index (χ4n) is 3.07. The quantitative estimate of drug-likeness (QED) is 0.679. The minimum atomic E-state index is 0.587. The molecule has 1 aliphatic carbocycles. The lowest BCUT2D eigenvalue weighted by Crippen LogP contribution is -2.19. The van der Waals surface area contributed by atoms with Crippen molar-refractivity contribution in [2.75, 3.05) is 5.88 Å². The molecule has 1 fully saturated rings. The number of aromatic nitrogens is 3. The molecule has 1 aromatic carbocycles. The van der Waals surface area contributed by atoms with Crippen LogP contribution in [0.25, 0.3) is 21.9 Å². The molecule has 0 saturated heterocycles. The predicted octanol–water partition coefficient (Wildman–Crippen LogP) is 4.09. The number of hydrogen-bond acceptors (Lipinski definition) is 2. The number of para-hydroxylation sites is 1. The summed E-state index contributed by atoms with van der Waals surface area (Å²) in [5, 5.41) is 1.20. The number of hydrogen-bond donors (Lipinski definition) is 0. The van der Waals surface area contributed by atoms with E-state index in [0.717, 1.165) is 23.3 Å². The highest BCUT2D eigenvalue weighted by Crippen LogP contribution is 2.37. The maximum atomic E-state index is 5.95. The Labute approximate surface area is 122 Å². The van der Waals surface area contributed by atoms with Gasteiger partial charge in [-0.3, -0.25) is 4.98 Å². The fourth-order valence-corrected chi connectivity index (χ4v) is 3.24. The van der Waals surface area contributed by atoms with Gasteiger partial charge in [0, 0.05) is 23.7 Å². The van der Waals surface area contributed by atoms with Gasteiger partial charge >= 0.3 is 0 Å². The van der Waals surface area contributed by atoms with Crippen LogP contribution in [0.15, 0.2) is 30.5 Å². The smallest absolute Gasteiger partial charge is 0.111 e. The van der Waals surface area contributed by atoms with Crippen molar-refractivity contribution in [1.82, 2.24) is 14.5 Å². The number of aryl methyl sites for hydroxylation is 1. The monoisotopic (exact) mass is 285 g/mol. The molecule has 0 bridgehead atoms. The van der Waals surface area contributed by atoms with Crippen LogP contribution in [-0.2, 0) is 6.42 Å². The summed E-state index contributed by atoms with van der Waals surface area (Å²) in [5.41, 5.74) is 3.27. The lowest BCUT2D eigenvalue weighted by molar-refractivity contribution is 0.314. The first kappa shape index (κ1) is 12.2. The van der Waals surface area contributed by atoms with Crippen LogP contribution >= 0.6 is 11.6 Å². The minimum absolute atomic E-state index is 0.587. The average molecular weight is 286 g/mol. The van der Waals surface area contributed by atoms with Crippen molar-refractivity contribution in [2.24, 2.45) is 0 Å². The second-order valence-corrected chi connectivity index (χ2v) is 5.81. The highest BCUT2D eigenvalue weighted by atomic mass is 35.5. The molecule has 20 heavy (non-hydrogen) atoms. The van der Waals surface area contributed by atoms with Crippen LogP contribution in [0.1, 0.15) is 31.1 Å². The summed E-state index contributed by atoms with van der Waals surface area (Å²) in [7, 11) is 0. The van der Waals surface area contributed by atoms with Crippen molar-refractivity contribution >= 4 is 33.5 Å². The largest absolute Gasteiger partial charge is 0.324 e. The summed E-state index contributed by atoms with van der Waals surface area (Å²) < 4.78 is 2.42. The third-order valence-electron chi connectivity index (χ3n) is 4.25. The molecule has 2 aromatic heterocycles. The van der Waals surface area contributed by atoms with Crippen molar-refractivity contribution in [2.45, 2.75) is 31.7 Å². The highest BCUT2D eigenvalue weighted by Gasteiger charge is 2.25. The van der Waals surface area contributed by atoms with Crippen molar-refractivity contribution in [3.05, 3.63) is 36.3 Å². The SMILES string of the molecule is ClCCc1nc2cnc3ccccc3c2n1C1CCC1. The molecular weight excluding hydrogens is 270 g/mol. The van der Waals surface area contributed by atoms with Crippen molar-refractivity contribution in [3.8, 4) is 0 Å². The van der Waals surface area contributed by atoms with Crippen LogP contribution in [-0.4, -0.2) is 20.4 Å². The number of nitrogens with zero attached hydrogens (tertiary/aromatic N) is 3. The molecule has 0 N–H and O–H groups in total. The van der Waals surface area contributed by atoms with E-state index < -0.39 is 0 Å². The van der Waals surface area contributed by atoms with E-state index in [4.69, 9.17) is 16.6 Å². The molecule has 2 heterocycles. The van der Waals surface area contributed by atoms with E-state index in [0.29, 0.717) is 11.9 Å². The first-order valence-corrected chi connectivity index (χ1v) is 7.72. The Morgan fingerprint density at radius 2 is 2.05 bits per heavy atom. The number of benzene rings is 1. The molecule has 0 aliphatic heterocycles. The molecular formula is C16H16ClN3. The molecule has 0 amide bonds. The summed E-state index contributed by atoms with van der Waals surface area (Å²) in [5.74, 6) is 1.72. The third-order valence-corrected chi connectivity index (χ3v) is 4.44. The number of fused-ring (bicyclic) bond motifs is 3. The zero-order valence-corrected chi connectivity index (χ0v) is 12.0.